The molecule has 0 spiro atoms. The van der Waals surface area contributed by atoms with E-state index in [4.69, 9.17) is 0 Å². The van der Waals surface area contributed by atoms with Crippen molar-refractivity contribution in [3.05, 3.63) is 67.0 Å². The molecule has 3 heterocycles. The summed E-state index contributed by atoms with van der Waals surface area (Å²) in [7, 11) is 0. The Balaban J connectivity index is 2.02. The lowest BCUT2D eigenvalue weighted by molar-refractivity contribution is -0.764. The topological polar surface area (TPSA) is 85.9 Å². The molecule has 2 aromatic heterocycles. The Morgan fingerprint density at radius 3 is 2.82 bits per heavy atom. The molecular weight excluding hydrogens is 374 g/mol. The van der Waals surface area contributed by atoms with E-state index in [1.165, 1.54) is 18.7 Å². The molecule has 1 unspecified atom stereocenters. The van der Waals surface area contributed by atoms with Gasteiger partial charge < -0.3 is 5.11 Å². The zero-order valence-corrected chi connectivity index (χ0v) is 16.0. The van der Waals surface area contributed by atoms with E-state index in [0.29, 0.717) is 33.5 Å². The van der Waals surface area contributed by atoms with Crippen LogP contribution in [0.15, 0.2) is 66.5 Å². The van der Waals surface area contributed by atoms with Crippen LogP contribution in [0.5, 0.6) is 5.88 Å². The molecule has 0 radical (unpaired) electrons. The smallest absolute Gasteiger partial charge is 0.309 e. The Hall–Kier alpha value is -3.26. The van der Waals surface area contributed by atoms with Crippen molar-refractivity contribution < 1.29 is 14.6 Å². The van der Waals surface area contributed by atoms with Crippen LogP contribution in [0.3, 0.4) is 0 Å². The normalized spacial score (nSPS) is 14.9. The number of fused-ring (bicyclic) bond motifs is 3. The lowest BCUT2D eigenvalue weighted by Gasteiger charge is -2.32. The zero-order valence-electron chi connectivity index (χ0n) is 15.1. The van der Waals surface area contributed by atoms with Gasteiger partial charge in [0.1, 0.15) is 5.69 Å². The van der Waals surface area contributed by atoms with Gasteiger partial charge in [0, 0.05) is 24.0 Å². The molecule has 1 amide bonds. The Labute approximate surface area is 166 Å². The summed E-state index contributed by atoms with van der Waals surface area (Å²) in [6.45, 7) is 5.18. The fourth-order valence-electron chi connectivity index (χ4n) is 3.27. The van der Waals surface area contributed by atoms with Crippen molar-refractivity contribution in [1.29, 1.82) is 0 Å². The van der Waals surface area contributed by atoms with Crippen molar-refractivity contribution >= 4 is 23.4 Å². The number of thioether (sulfide) groups is 1. The van der Waals surface area contributed by atoms with Crippen LogP contribution in [0.2, 0.25) is 0 Å². The first-order chi connectivity index (χ1) is 13.6. The summed E-state index contributed by atoms with van der Waals surface area (Å²) in [6, 6.07) is 12.7. The maximum absolute atomic E-state index is 12.9. The number of benzene rings is 1. The number of pyridine rings is 1. The third-order valence-electron chi connectivity index (χ3n) is 4.34. The highest BCUT2D eigenvalue weighted by Gasteiger charge is 2.44. The molecule has 0 saturated heterocycles. The zero-order chi connectivity index (χ0) is 19.7. The second-order valence-electron chi connectivity index (χ2n) is 6.13. The maximum Gasteiger partial charge on any atom is 0.309 e. The first-order valence-corrected chi connectivity index (χ1v) is 9.65. The first kappa shape index (κ1) is 18.1. The number of carbonyl (C=O) groups is 1. The minimum Gasteiger partial charge on any atom is -0.854 e. The van der Waals surface area contributed by atoms with E-state index in [0.717, 1.165) is 0 Å². The minimum atomic E-state index is -0.678. The maximum atomic E-state index is 12.9. The monoisotopic (exact) mass is 391 g/mol. The first-order valence-electron chi connectivity index (χ1n) is 8.66. The van der Waals surface area contributed by atoms with Crippen molar-refractivity contribution in [2.75, 3.05) is 10.7 Å². The van der Waals surface area contributed by atoms with Gasteiger partial charge in [-0.2, -0.15) is 0 Å². The summed E-state index contributed by atoms with van der Waals surface area (Å²) in [5.41, 5.74) is 2.20. The van der Waals surface area contributed by atoms with Crippen molar-refractivity contribution in [3.8, 4) is 17.1 Å². The molecule has 1 aromatic carbocycles. The molecule has 4 rings (SSSR count). The van der Waals surface area contributed by atoms with Crippen LogP contribution >= 0.6 is 11.8 Å². The Morgan fingerprint density at radius 2 is 2.11 bits per heavy atom. The number of para-hydroxylation sites is 1. The van der Waals surface area contributed by atoms with Crippen molar-refractivity contribution in [3.63, 3.8) is 0 Å². The molecule has 0 aliphatic carbocycles. The highest BCUT2D eigenvalue weighted by Crippen LogP contribution is 2.40. The fraction of sp³-hybridized carbons (Fsp3) is 0.150. The molecule has 0 bridgehead atoms. The van der Waals surface area contributed by atoms with Gasteiger partial charge in [-0.25, -0.2) is 9.88 Å². The van der Waals surface area contributed by atoms with Gasteiger partial charge in [-0.05, 0) is 24.3 Å². The molecule has 1 aliphatic heterocycles. The van der Waals surface area contributed by atoms with E-state index >= 15 is 0 Å². The Kier molecular flexibility index (Phi) is 4.79. The second kappa shape index (κ2) is 7.40. The van der Waals surface area contributed by atoms with Gasteiger partial charge >= 0.3 is 6.17 Å². The predicted octanol–water partition coefficient (Wildman–Crippen LogP) is 2.09. The molecular formula is C20H17N5O2S. The predicted molar refractivity (Wildman–Crippen MR) is 104 cm³/mol. The van der Waals surface area contributed by atoms with Gasteiger partial charge in [-0.3, -0.25) is 9.78 Å². The van der Waals surface area contributed by atoms with E-state index in [2.05, 4.69) is 21.6 Å². The van der Waals surface area contributed by atoms with E-state index in [-0.39, 0.29) is 5.91 Å². The summed E-state index contributed by atoms with van der Waals surface area (Å²) in [5.74, 6) is 0.00538. The van der Waals surface area contributed by atoms with Crippen LogP contribution in [0.1, 0.15) is 18.8 Å². The summed E-state index contributed by atoms with van der Waals surface area (Å²) >= 11 is 1.31. The third-order valence-corrected chi connectivity index (χ3v) is 5.17. The Bertz CT molecular complexity index is 1060. The largest absolute Gasteiger partial charge is 0.854 e. The second-order valence-corrected chi connectivity index (χ2v) is 7.11. The van der Waals surface area contributed by atoms with Gasteiger partial charge in [-0.15, -0.1) is 6.58 Å². The lowest BCUT2D eigenvalue weighted by atomic mass is 10.0. The molecule has 140 valence electrons. The third kappa shape index (κ3) is 3.01. The van der Waals surface area contributed by atoms with Gasteiger partial charge in [0.05, 0.1) is 17.1 Å². The lowest BCUT2D eigenvalue weighted by Crippen LogP contribution is -2.59. The van der Waals surface area contributed by atoms with Crippen LogP contribution in [0.25, 0.3) is 11.3 Å². The highest BCUT2D eigenvalue weighted by molar-refractivity contribution is 7.99. The highest BCUT2D eigenvalue weighted by atomic mass is 32.2. The van der Waals surface area contributed by atoms with E-state index in [1.54, 1.807) is 34.0 Å². The van der Waals surface area contributed by atoms with Crippen LogP contribution in [0.4, 0.5) is 5.69 Å². The number of aromatic nitrogens is 4. The van der Waals surface area contributed by atoms with Crippen LogP contribution in [-0.2, 0) is 4.79 Å². The molecule has 1 aliphatic rings. The molecule has 8 heteroatoms. The number of carbonyl (C=O) groups excluding carboxylic acids is 1. The van der Waals surface area contributed by atoms with Crippen LogP contribution in [0, 0.1) is 0 Å². The average molecular weight is 391 g/mol. The van der Waals surface area contributed by atoms with Crippen molar-refractivity contribution in [2.45, 2.75) is 18.2 Å². The Morgan fingerprint density at radius 1 is 1.32 bits per heavy atom. The molecule has 28 heavy (non-hydrogen) atoms. The van der Waals surface area contributed by atoms with Gasteiger partial charge in [0.2, 0.25) is 5.91 Å². The summed E-state index contributed by atoms with van der Waals surface area (Å²) in [5, 5.41) is 17.8. The number of amides is 1. The molecule has 0 fully saturated rings. The standard InChI is InChI=1S/C20H17N5O2S/c1-3-12-28-20-22-18(27)17-14-8-4-5-10-16(14)24(13(2)26)19(25(17)23-20)15-9-6-7-11-21-15/h3-11,19H,1,12H2,2H3. The van der Waals surface area contributed by atoms with E-state index in [9.17, 15) is 9.90 Å². The number of anilines is 1. The van der Waals surface area contributed by atoms with Crippen LogP contribution < -0.4 is 14.7 Å². The summed E-state index contributed by atoms with van der Waals surface area (Å²) in [6.07, 6.45) is 2.69. The van der Waals surface area contributed by atoms with Gasteiger partial charge in [0.15, 0.2) is 0 Å². The summed E-state index contributed by atoms with van der Waals surface area (Å²) < 4.78 is 1.56. The van der Waals surface area contributed by atoms with E-state index < -0.39 is 12.0 Å². The number of hydrogen-bond acceptors (Lipinski definition) is 6. The van der Waals surface area contributed by atoms with Crippen molar-refractivity contribution in [1.82, 2.24) is 15.1 Å². The number of hydrogen-bond donors (Lipinski definition) is 0. The number of nitrogens with zero attached hydrogens (tertiary/aromatic N) is 5. The molecule has 3 aromatic rings. The molecule has 1 atom stereocenters. The number of rotatable bonds is 4. The molecule has 0 saturated carbocycles. The quantitative estimate of drug-likeness (QED) is 0.385. The van der Waals surface area contributed by atoms with Gasteiger partial charge in [0.25, 0.3) is 10.9 Å². The SMILES string of the molecule is C=CCSc1nc([O-])c2[n+](n1)C(c1ccccn1)N(C(C)=O)c1ccccc1-2. The van der Waals surface area contributed by atoms with Crippen molar-refractivity contribution in [2.24, 2.45) is 0 Å². The van der Waals surface area contributed by atoms with Gasteiger partial charge in [-0.1, -0.05) is 40.7 Å². The molecule has 7 nitrogen and oxygen atoms in total. The van der Waals surface area contributed by atoms with E-state index in [1.807, 2.05) is 30.3 Å². The fourth-order valence-corrected chi connectivity index (χ4v) is 3.83. The minimum absolute atomic E-state index is 0.174. The average Bonchev–Trinajstić information content (AvgIpc) is 2.71. The molecule has 0 N–H and O–H groups in total. The van der Waals surface area contributed by atoms with Crippen LogP contribution in [-0.4, -0.2) is 26.7 Å². The summed E-state index contributed by atoms with van der Waals surface area (Å²) in [4.78, 5) is 22.8.